The summed E-state index contributed by atoms with van der Waals surface area (Å²) in [5.74, 6) is 0.112. The molecule has 0 radical (unpaired) electrons. The van der Waals surface area contributed by atoms with Gasteiger partial charge in [0.2, 0.25) is 0 Å². The summed E-state index contributed by atoms with van der Waals surface area (Å²) in [6.45, 7) is 0.608. The zero-order valence-corrected chi connectivity index (χ0v) is 12.9. The van der Waals surface area contributed by atoms with Gasteiger partial charge >= 0.3 is 5.76 Å². The molecule has 0 spiro atoms. The average molecular weight is 324 g/mol. The molecule has 0 N–H and O–H groups in total. The molecular formula is C14H14ClN3O2S. The van der Waals surface area contributed by atoms with Gasteiger partial charge in [-0.15, -0.1) is 22.9 Å². The number of pyridine rings is 1. The molecule has 3 aromatic heterocycles. The molecule has 3 rings (SSSR count). The van der Waals surface area contributed by atoms with Gasteiger partial charge in [0.25, 0.3) is 0 Å². The molecule has 7 heteroatoms. The summed E-state index contributed by atoms with van der Waals surface area (Å²) in [4.78, 5) is 20.4. The smallest absolute Gasteiger partial charge is 0.406 e. The predicted molar refractivity (Wildman–Crippen MR) is 82.9 cm³/mol. The van der Waals surface area contributed by atoms with Crippen LogP contribution in [0.1, 0.15) is 23.5 Å². The maximum atomic E-state index is 11.8. The minimum atomic E-state index is -0.345. The van der Waals surface area contributed by atoms with Crippen molar-refractivity contribution >= 4 is 34.2 Å². The van der Waals surface area contributed by atoms with Gasteiger partial charge in [-0.1, -0.05) is 0 Å². The highest BCUT2D eigenvalue weighted by molar-refractivity contribution is 7.09. The summed E-state index contributed by atoms with van der Waals surface area (Å²) in [5, 5.41) is 3.08. The third kappa shape index (κ3) is 3.16. The van der Waals surface area contributed by atoms with Crippen molar-refractivity contribution in [3.8, 4) is 0 Å². The van der Waals surface area contributed by atoms with E-state index in [1.54, 1.807) is 34.2 Å². The lowest BCUT2D eigenvalue weighted by atomic mass is 10.2. The number of aromatic nitrogens is 3. The Balaban J connectivity index is 1.59. The molecule has 0 unspecified atom stereocenters. The summed E-state index contributed by atoms with van der Waals surface area (Å²) < 4.78 is 6.74. The van der Waals surface area contributed by atoms with E-state index in [1.165, 1.54) is 0 Å². The SMILES string of the molecule is O=c1oc2cccnc2n1CCCCc1nc(CCl)cs1. The average Bonchev–Trinajstić information content (AvgIpc) is 3.08. The van der Waals surface area contributed by atoms with Gasteiger partial charge in [0.05, 0.1) is 16.6 Å². The van der Waals surface area contributed by atoms with Crippen molar-refractivity contribution in [3.05, 3.63) is 45.0 Å². The molecule has 5 nitrogen and oxygen atoms in total. The zero-order chi connectivity index (χ0) is 14.7. The Morgan fingerprint density at radius 2 is 2.29 bits per heavy atom. The van der Waals surface area contributed by atoms with Crippen molar-refractivity contribution in [2.45, 2.75) is 31.7 Å². The van der Waals surface area contributed by atoms with E-state index in [4.69, 9.17) is 16.0 Å². The van der Waals surface area contributed by atoms with Crippen LogP contribution in [0, 0.1) is 0 Å². The quantitative estimate of drug-likeness (QED) is 0.516. The fraction of sp³-hybridized carbons (Fsp3) is 0.357. The number of thiazole rings is 1. The monoisotopic (exact) mass is 323 g/mol. The van der Waals surface area contributed by atoms with Crippen LogP contribution in [-0.4, -0.2) is 14.5 Å². The normalized spacial score (nSPS) is 11.3. The number of rotatable bonds is 6. The fourth-order valence-corrected chi connectivity index (χ4v) is 3.24. The minimum Gasteiger partial charge on any atom is -0.406 e. The van der Waals surface area contributed by atoms with Crippen LogP contribution in [0.5, 0.6) is 0 Å². The largest absolute Gasteiger partial charge is 0.421 e. The van der Waals surface area contributed by atoms with E-state index in [1.807, 2.05) is 5.38 Å². The van der Waals surface area contributed by atoms with E-state index < -0.39 is 0 Å². The van der Waals surface area contributed by atoms with Crippen LogP contribution < -0.4 is 5.76 Å². The summed E-state index contributed by atoms with van der Waals surface area (Å²) in [5.41, 5.74) is 2.08. The Kier molecular flexibility index (Phi) is 4.36. The van der Waals surface area contributed by atoms with Crippen molar-refractivity contribution in [3.63, 3.8) is 0 Å². The van der Waals surface area contributed by atoms with Crippen LogP contribution in [-0.2, 0) is 18.8 Å². The maximum absolute atomic E-state index is 11.8. The molecule has 0 saturated carbocycles. The van der Waals surface area contributed by atoms with E-state index in [-0.39, 0.29) is 5.76 Å². The summed E-state index contributed by atoms with van der Waals surface area (Å²) in [6.07, 6.45) is 4.40. The Labute approximate surface area is 130 Å². The predicted octanol–water partition coefficient (Wildman–Crippen LogP) is 3.21. The number of hydrogen-bond donors (Lipinski definition) is 0. The third-order valence-electron chi connectivity index (χ3n) is 3.18. The molecular weight excluding hydrogens is 310 g/mol. The van der Waals surface area contributed by atoms with Crippen molar-refractivity contribution in [1.82, 2.24) is 14.5 Å². The van der Waals surface area contributed by atoms with Gasteiger partial charge < -0.3 is 4.42 Å². The lowest BCUT2D eigenvalue weighted by Crippen LogP contribution is -2.14. The van der Waals surface area contributed by atoms with Crippen LogP contribution in [0.25, 0.3) is 11.2 Å². The molecule has 0 fully saturated rings. The van der Waals surface area contributed by atoms with Gasteiger partial charge in [-0.25, -0.2) is 14.8 Å². The number of oxazole rings is 1. The second kappa shape index (κ2) is 6.41. The van der Waals surface area contributed by atoms with E-state index in [0.717, 1.165) is 30.0 Å². The van der Waals surface area contributed by atoms with Gasteiger partial charge in [0, 0.05) is 18.1 Å². The number of nitrogens with zero attached hydrogens (tertiary/aromatic N) is 3. The van der Waals surface area contributed by atoms with Gasteiger partial charge in [0.15, 0.2) is 11.2 Å². The van der Waals surface area contributed by atoms with E-state index in [0.29, 0.717) is 23.7 Å². The Morgan fingerprint density at radius 3 is 3.10 bits per heavy atom. The second-order valence-electron chi connectivity index (χ2n) is 4.67. The van der Waals surface area contributed by atoms with E-state index >= 15 is 0 Å². The Hall–Kier alpha value is -1.66. The van der Waals surface area contributed by atoms with Crippen molar-refractivity contribution in [2.24, 2.45) is 0 Å². The molecule has 0 saturated heterocycles. The molecule has 0 atom stereocenters. The van der Waals surface area contributed by atoms with Crippen molar-refractivity contribution in [2.75, 3.05) is 0 Å². The van der Waals surface area contributed by atoms with E-state index in [2.05, 4.69) is 9.97 Å². The highest BCUT2D eigenvalue weighted by Gasteiger charge is 2.09. The maximum Gasteiger partial charge on any atom is 0.421 e. The highest BCUT2D eigenvalue weighted by atomic mass is 35.5. The van der Waals surface area contributed by atoms with Crippen LogP contribution >= 0.6 is 22.9 Å². The molecule has 0 amide bonds. The topological polar surface area (TPSA) is 60.9 Å². The zero-order valence-electron chi connectivity index (χ0n) is 11.3. The van der Waals surface area contributed by atoms with Crippen LogP contribution in [0.15, 0.2) is 32.9 Å². The van der Waals surface area contributed by atoms with Crippen LogP contribution in [0.4, 0.5) is 0 Å². The molecule has 3 heterocycles. The van der Waals surface area contributed by atoms with Gasteiger partial charge in [-0.05, 0) is 31.4 Å². The number of hydrogen-bond acceptors (Lipinski definition) is 5. The summed E-state index contributed by atoms with van der Waals surface area (Å²) in [6, 6.07) is 3.51. The van der Waals surface area contributed by atoms with Crippen molar-refractivity contribution < 1.29 is 4.42 Å². The number of alkyl halides is 1. The lowest BCUT2D eigenvalue weighted by Gasteiger charge is -2.00. The number of unbranched alkanes of at least 4 members (excludes halogenated alkanes) is 1. The molecule has 110 valence electrons. The Morgan fingerprint density at radius 1 is 1.38 bits per heavy atom. The second-order valence-corrected chi connectivity index (χ2v) is 5.88. The molecule has 0 aliphatic rings. The molecule has 0 bridgehead atoms. The van der Waals surface area contributed by atoms with E-state index in [9.17, 15) is 4.79 Å². The first-order valence-corrected chi connectivity index (χ1v) is 8.13. The molecule has 0 aliphatic heterocycles. The molecule has 21 heavy (non-hydrogen) atoms. The number of halogens is 1. The first kappa shape index (κ1) is 14.3. The Bertz CT molecular complexity index is 793. The van der Waals surface area contributed by atoms with Crippen LogP contribution in [0.3, 0.4) is 0 Å². The fourth-order valence-electron chi connectivity index (χ4n) is 2.17. The molecule has 0 aliphatic carbocycles. The minimum absolute atomic E-state index is 0.345. The van der Waals surface area contributed by atoms with Crippen molar-refractivity contribution in [1.29, 1.82) is 0 Å². The number of aryl methyl sites for hydroxylation is 2. The molecule has 0 aromatic carbocycles. The summed E-state index contributed by atoms with van der Waals surface area (Å²) in [7, 11) is 0. The summed E-state index contributed by atoms with van der Waals surface area (Å²) >= 11 is 7.36. The van der Waals surface area contributed by atoms with Crippen LogP contribution in [0.2, 0.25) is 0 Å². The van der Waals surface area contributed by atoms with Gasteiger partial charge in [-0.2, -0.15) is 0 Å². The first-order chi connectivity index (χ1) is 10.3. The van der Waals surface area contributed by atoms with Gasteiger partial charge in [-0.3, -0.25) is 4.57 Å². The third-order valence-corrected chi connectivity index (χ3v) is 4.41. The standard InChI is InChI=1S/C14H14ClN3O2S/c15-8-10-9-21-12(17-10)5-1-2-7-18-13-11(20-14(18)19)4-3-6-16-13/h3-4,6,9H,1-2,5,7-8H2. The van der Waals surface area contributed by atoms with Gasteiger partial charge in [0.1, 0.15) is 0 Å². The molecule has 3 aromatic rings. The number of fused-ring (bicyclic) bond motifs is 1. The lowest BCUT2D eigenvalue weighted by molar-refractivity contribution is 0.492. The highest BCUT2D eigenvalue weighted by Crippen LogP contribution is 2.15. The first-order valence-electron chi connectivity index (χ1n) is 6.71.